The smallest absolute Gasteiger partial charge is 0.336 e. The number of carboxylic acids is 1. The Hall–Kier alpha value is -3.26. The molecule has 0 spiro atoms. The average molecular weight is 356 g/mol. The Balaban J connectivity index is 1.98. The number of rotatable bonds is 3. The summed E-state index contributed by atoms with van der Waals surface area (Å²) < 4.78 is 5.60. The molecule has 0 atom stereocenters. The monoisotopic (exact) mass is 356 g/mol. The van der Waals surface area contributed by atoms with E-state index in [2.05, 4.69) is 5.32 Å². The molecule has 7 nitrogen and oxygen atoms in total. The van der Waals surface area contributed by atoms with Crippen molar-refractivity contribution < 1.29 is 23.9 Å². The lowest BCUT2D eigenvalue weighted by Crippen LogP contribution is -2.52. The molecule has 1 aliphatic rings. The van der Waals surface area contributed by atoms with Gasteiger partial charge in [0.15, 0.2) is 5.11 Å². The average Bonchev–Trinajstić information content (AvgIpc) is 3.05. The van der Waals surface area contributed by atoms with Crippen LogP contribution in [-0.4, -0.2) is 40.0 Å². The summed E-state index contributed by atoms with van der Waals surface area (Å²) in [5, 5.41) is 11.7. The molecular weight excluding hydrogens is 344 g/mol. The Morgan fingerprint density at radius 3 is 2.68 bits per heavy atom. The fraction of sp³-hybridized carbons (Fsp3) is 0.0588. The molecule has 0 bridgehead atoms. The number of amides is 2. The first-order valence-electron chi connectivity index (χ1n) is 7.16. The third-order valence-electron chi connectivity index (χ3n) is 3.64. The lowest BCUT2D eigenvalue weighted by Gasteiger charge is -2.24. The fourth-order valence-corrected chi connectivity index (χ4v) is 2.52. The maximum Gasteiger partial charge on any atom is 0.336 e. The van der Waals surface area contributed by atoms with Crippen LogP contribution in [-0.2, 0) is 9.59 Å². The van der Waals surface area contributed by atoms with E-state index in [1.807, 2.05) is 0 Å². The molecule has 1 saturated heterocycles. The highest BCUT2D eigenvalue weighted by molar-refractivity contribution is 7.80. The predicted octanol–water partition coefficient (Wildman–Crippen LogP) is 1.90. The molecule has 126 valence electrons. The minimum atomic E-state index is -1.08. The number of thiocarbonyl (C=S) groups is 1. The van der Waals surface area contributed by atoms with Crippen LogP contribution in [0.5, 0.6) is 0 Å². The summed E-state index contributed by atoms with van der Waals surface area (Å²) in [5.74, 6) is -1.68. The largest absolute Gasteiger partial charge is 0.478 e. The Labute approximate surface area is 147 Å². The summed E-state index contributed by atoms with van der Waals surface area (Å²) in [6.45, 7) is 0. The summed E-state index contributed by atoms with van der Waals surface area (Å²) in [4.78, 5) is 36.6. The molecule has 0 saturated carbocycles. The number of nitrogens with zero attached hydrogens (tertiary/aromatic N) is 1. The van der Waals surface area contributed by atoms with Gasteiger partial charge in [0.2, 0.25) is 0 Å². The molecule has 1 aromatic carbocycles. The highest BCUT2D eigenvalue weighted by Gasteiger charge is 2.31. The minimum Gasteiger partial charge on any atom is -0.478 e. The van der Waals surface area contributed by atoms with Gasteiger partial charge >= 0.3 is 5.97 Å². The number of aromatic carboxylic acids is 1. The van der Waals surface area contributed by atoms with Crippen LogP contribution < -0.4 is 5.32 Å². The number of carbonyl (C=O) groups excluding carboxylic acids is 2. The highest BCUT2D eigenvalue weighted by Crippen LogP contribution is 2.27. The van der Waals surface area contributed by atoms with Crippen LogP contribution in [0.25, 0.3) is 17.4 Å². The highest BCUT2D eigenvalue weighted by atomic mass is 32.1. The zero-order valence-electron chi connectivity index (χ0n) is 13.0. The Bertz CT molecular complexity index is 944. The van der Waals surface area contributed by atoms with E-state index >= 15 is 0 Å². The van der Waals surface area contributed by atoms with E-state index in [1.54, 1.807) is 30.3 Å². The number of benzene rings is 1. The maximum absolute atomic E-state index is 12.2. The molecule has 0 radical (unpaired) electrons. The molecule has 2 aromatic rings. The topological polar surface area (TPSA) is 99.8 Å². The minimum absolute atomic E-state index is 0.0302. The van der Waals surface area contributed by atoms with Gasteiger partial charge in [-0.2, -0.15) is 0 Å². The second-order valence-electron chi connectivity index (χ2n) is 5.23. The number of carboxylic acid groups (broad SMARTS) is 1. The van der Waals surface area contributed by atoms with Crippen molar-refractivity contribution in [1.29, 1.82) is 0 Å². The molecule has 1 aromatic heterocycles. The zero-order chi connectivity index (χ0) is 18.1. The van der Waals surface area contributed by atoms with Gasteiger partial charge < -0.3 is 9.52 Å². The molecule has 2 N–H and O–H groups in total. The van der Waals surface area contributed by atoms with Gasteiger partial charge in [-0.15, -0.1) is 0 Å². The van der Waals surface area contributed by atoms with Crippen LogP contribution in [0.4, 0.5) is 0 Å². The predicted molar refractivity (Wildman–Crippen MR) is 92.6 cm³/mol. The van der Waals surface area contributed by atoms with Crippen molar-refractivity contribution in [3.05, 3.63) is 53.3 Å². The molecule has 8 heteroatoms. The van der Waals surface area contributed by atoms with Gasteiger partial charge in [-0.1, -0.05) is 18.2 Å². The van der Waals surface area contributed by atoms with Crippen LogP contribution in [0.3, 0.4) is 0 Å². The Morgan fingerprint density at radius 2 is 1.96 bits per heavy atom. The molecule has 25 heavy (non-hydrogen) atoms. The van der Waals surface area contributed by atoms with Gasteiger partial charge in [-0.3, -0.25) is 19.8 Å². The van der Waals surface area contributed by atoms with Crippen molar-refractivity contribution >= 4 is 41.2 Å². The van der Waals surface area contributed by atoms with Gasteiger partial charge in [-0.05, 0) is 36.5 Å². The first-order valence-corrected chi connectivity index (χ1v) is 7.57. The van der Waals surface area contributed by atoms with Crippen molar-refractivity contribution in [3.63, 3.8) is 0 Å². The summed E-state index contributed by atoms with van der Waals surface area (Å²) in [6.07, 6.45) is 1.29. The van der Waals surface area contributed by atoms with Crippen molar-refractivity contribution in [1.82, 2.24) is 10.2 Å². The SMILES string of the molecule is CN1C(=O)/C(=C\c2ccc(-c3ccccc3C(=O)O)o2)C(=O)NC1=S. The third-order valence-corrected chi connectivity index (χ3v) is 4.02. The van der Waals surface area contributed by atoms with Crippen LogP contribution in [0.2, 0.25) is 0 Å². The summed E-state index contributed by atoms with van der Waals surface area (Å²) >= 11 is 4.87. The maximum atomic E-state index is 12.2. The number of hydrogen-bond acceptors (Lipinski definition) is 5. The van der Waals surface area contributed by atoms with E-state index < -0.39 is 17.8 Å². The van der Waals surface area contributed by atoms with E-state index in [4.69, 9.17) is 16.6 Å². The van der Waals surface area contributed by atoms with Crippen molar-refractivity contribution in [2.75, 3.05) is 7.05 Å². The molecule has 1 aliphatic heterocycles. The van der Waals surface area contributed by atoms with E-state index in [0.717, 1.165) is 4.90 Å². The number of nitrogens with one attached hydrogen (secondary N) is 1. The first-order chi connectivity index (χ1) is 11.9. The third kappa shape index (κ3) is 3.07. The summed E-state index contributed by atoms with van der Waals surface area (Å²) in [7, 11) is 1.45. The second kappa shape index (κ2) is 6.33. The van der Waals surface area contributed by atoms with Gasteiger partial charge in [0.1, 0.15) is 17.1 Å². The number of hydrogen-bond donors (Lipinski definition) is 2. The van der Waals surface area contributed by atoms with E-state index in [9.17, 15) is 19.5 Å². The van der Waals surface area contributed by atoms with Crippen LogP contribution in [0, 0.1) is 0 Å². The van der Waals surface area contributed by atoms with Crippen LogP contribution in [0.1, 0.15) is 16.1 Å². The fourth-order valence-electron chi connectivity index (χ4n) is 2.35. The molecular formula is C17H12N2O5S. The number of carbonyl (C=O) groups is 3. The normalized spacial score (nSPS) is 16.3. The lowest BCUT2D eigenvalue weighted by molar-refractivity contribution is -0.128. The van der Waals surface area contributed by atoms with Gasteiger partial charge in [0, 0.05) is 12.6 Å². The zero-order valence-corrected chi connectivity index (χ0v) is 13.8. The summed E-state index contributed by atoms with van der Waals surface area (Å²) in [5.41, 5.74) is 0.369. The molecule has 0 aliphatic carbocycles. The van der Waals surface area contributed by atoms with Crippen molar-refractivity contribution in [2.24, 2.45) is 0 Å². The van der Waals surface area contributed by atoms with Crippen molar-refractivity contribution in [2.45, 2.75) is 0 Å². The van der Waals surface area contributed by atoms with Crippen LogP contribution in [0.15, 0.2) is 46.4 Å². The van der Waals surface area contributed by atoms with Gasteiger partial charge in [-0.25, -0.2) is 4.79 Å². The van der Waals surface area contributed by atoms with E-state index in [-0.39, 0.29) is 22.0 Å². The molecule has 2 amide bonds. The van der Waals surface area contributed by atoms with E-state index in [0.29, 0.717) is 11.3 Å². The van der Waals surface area contributed by atoms with E-state index in [1.165, 1.54) is 19.2 Å². The van der Waals surface area contributed by atoms with Gasteiger partial charge in [0.25, 0.3) is 11.8 Å². The number of likely N-dealkylation sites (N-methyl/N-ethyl adjacent to an activating group) is 1. The first kappa shape index (κ1) is 16.6. The number of furan rings is 1. The standard InChI is InChI=1S/C17H12N2O5S/c1-19-15(21)12(14(20)18-17(19)25)8-9-6-7-13(24-9)10-4-2-3-5-11(10)16(22)23/h2-8H,1H3,(H,22,23)(H,18,20,25)/b12-8-. The molecule has 0 unspecified atom stereocenters. The Kier molecular flexibility index (Phi) is 4.20. The molecule has 2 heterocycles. The molecule has 1 fully saturated rings. The van der Waals surface area contributed by atoms with Crippen molar-refractivity contribution in [3.8, 4) is 11.3 Å². The Morgan fingerprint density at radius 1 is 1.24 bits per heavy atom. The second-order valence-corrected chi connectivity index (χ2v) is 5.62. The quantitative estimate of drug-likeness (QED) is 0.495. The lowest BCUT2D eigenvalue weighted by atomic mass is 10.1. The summed E-state index contributed by atoms with van der Waals surface area (Å²) in [6, 6.07) is 9.51. The van der Waals surface area contributed by atoms with Crippen LogP contribution >= 0.6 is 12.2 Å². The van der Waals surface area contributed by atoms with Gasteiger partial charge in [0.05, 0.1) is 5.56 Å². The molecule has 3 rings (SSSR count).